The Bertz CT molecular complexity index is 1740. The summed E-state index contributed by atoms with van der Waals surface area (Å²) >= 11 is 0. The molecule has 2 aromatic carbocycles. The van der Waals surface area contributed by atoms with E-state index in [1.807, 2.05) is 0 Å². The zero-order valence-electron chi connectivity index (χ0n) is 21.2. The summed E-state index contributed by atoms with van der Waals surface area (Å²) in [5, 5.41) is 6.36. The molecule has 2 aliphatic heterocycles. The number of rotatable bonds is 3. The van der Waals surface area contributed by atoms with Crippen molar-refractivity contribution in [3.63, 3.8) is 0 Å². The van der Waals surface area contributed by atoms with Crippen LogP contribution in [0.1, 0.15) is 43.5 Å². The molecule has 38 heavy (non-hydrogen) atoms. The SMILES string of the molecule is C1=CCCC(C2=CC(C3=CC=CCC3)=NC(n3c4ccccc4c4ccc5c(c43)C3C=CC=CC3O5)N2)=C1. The number of nitrogens with zero attached hydrogens (tertiary/aromatic N) is 2. The maximum atomic E-state index is 6.44. The van der Waals surface area contributed by atoms with Crippen molar-refractivity contribution in [3.8, 4) is 5.75 Å². The smallest absolute Gasteiger partial charge is 0.201 e. The minimum absolute atomic E-state index is 0.0410. The molecule has 1 aromatic heterocycles. The molecule has 3 atom stereocenters. The summed E-state index contributed by atoms with van der Waals surface area (Å²) in [5.41, 5.74) is 8.56. The van der Waals surface area contributed by atoms with Gasteiger partial charge in [0.05, 0.1) is 16.7 Å². The van der Waals surface area contributed by atoms with E-state index in [0.717, 1.165) is 37.1 Å². The van der Waals surface area contributed by atoms with Crippen LogP contribution in [0.4, 0.5) is 0 Å². The second-order valence-electron chi connectivity index (χ2n) is 10.5. The molecule has 186 valence electrons. The van der Waals surface area contributed by atoms with E-state index in [9.17, 15) is 0 Å². The first-order valence-corrected chi connectivity index (χ1v) is 13.7. The van der Waals surface area contributed by atoms with Gasteiger partial charge in [-0.2, -0.15) is 0 Å². The number of allylic oxidation sites excluding steroid dienone is 11. The zero-order chi connectivity index (χ0) is 25.1. The van der Waals surface area contributed by atoms with Crippen molar-refractivity contribution in [2.75, 3.05) is 0 Å². The monoisotopic (exact) mass is 495 g/mol. The van der Waals surface area contributed by atoms with E-state index in [2.05, 4.69) is 113 Å². The predicted octanol–water partition coefficient (Wildman–Crippen LogP) is 7.70. The van der Waals surface area contributed by atoms with Crippen molar-refractivity contribution < 1.29 is 4.74 Å². The second-order valence-corrected chi connectivity index (χ2v) is 10.5. The molecule has 0 saturated carbocycles. The number of para-hydroxylation sites is 1. The fourth-order valence-corrected chi connectivity index (χ4v) is 6.53. The third-order valence-electron chi connectivity index (χ3n) is 8.33. The molecule has 3 aromatic rings. The highest BCUT2D eigenvalue weighted by Gasteiger charge is 2.36. The summed E-state index contributed by atoms with van der Waals surface area (Å²) in [6.45, 7) is 0. The maximum Gasteiger partial charge on any atom is 0.201 e. The molecular formula is C34H29N3O. The lowest BCUT2D eigenvalue weighted by molar-refractivity contribution is 0.269. The molecule has 1 N–H and O–H groups in total. The number of aromatic nitrogens is 1. The Kier molecular flexibility index (Phi) is 4.94. The largest absolute Gasteiger partial charge is 0.485 e. The number of fused-ring (bicyclic) bond motifs is 7. The number of hydrogen-bond acceptors (Lipinski definition) is 3. The average Bonchev–Trinajstić information content (AvgIpc) is 3.53. The van der Waals surface area contributed by atoms with Crippen molar-refractivity contribution in [1.29, 1.82) is 0 Å². The Labute approximate surface area is 222 Å². The van der Waals surface area contributed by atoms with Crippen LogP contribution in [-0.2, 0) is 0 Å². The number of hydrogen-bond donors (Lipinski definition) is 1. The molecule has 3 aliphatic carbocycles. The van der Waals surface area contributed by atoms with Crippen LogP contribution in [0.15, 0.2) is 125 Å². The third kappa shape index (κ3) is 3.33. The van der Waals surface area contributed by atoms with Gasteiger partial charge in [-0.15, -0.1) is 0 Å². The minimum atomic E-state index is -0.264. The first kappa shape index (κ1) is 21.7. The maximum absolute atomic E-state index is 6.44. The van der Waals surface area contributed by atoms with Crippen LogP contribution < -0.4 is 10.1 Å². The van der Waals surface area contributed by atoms with E-state index in [4.69, 9.17) is 9.73 Å². The molecule has 8 rings (SSSR count). The topological polar surface area (TPSA) is 38.5 Å². The van der Waals surface area contributed by atoms with Crippen molar-refractivity contribution >= 4 is 27.5 Å². The molecule has 0 saturated heterocycles. The van der Waals surface area contributed by atoms with Gasteiger partial charge in [-0.25, -0.2) is 4.99 Å². The van der Waals surface area contributed by atoms with Crippen LogP contribution >= 0.6 is 0 Å². The van der Waals surface area contributed by atoms with Crippen LogP contribution in [-0.4, -0.2) is 16.4 Å². The van der Waals surface area contributed by atoms with Gasteiger partial charge in [-0.3, -0.25) is 0 Å². The molecule has 0 radical (unpaired) electrons. The highest BCUT2D eigenvalue weighted by atomic mass is 16.5. The van der Waals surface area contributed by atoms with Gasteiger partial charge in [0.25, 0.3) is 0 Å². The number of benzene rings is 2. The van der Waals surface area contributed by atoms with Crippen LogP contribution in [0.25, 0.3) is 21.8 Å². The molecule has 0 fully saturated rings. The lowest BCUT2D eigenvalue weighted by Crippen LogP contribution is -2.31. The van der Waals surface area contributed by atoms with Gasteiger partial charge < -0.3 is 14.6 Å². The number of aliphatic imine (C=N–C) groups is 1. The molecule has 3 heterocycles. The average molecular weight is 496 g/mol. The highest BCUT2D eigenvalue weighted by molar-refractivity contribution is 6.12. The molecule has 5 aliphatic rings. The molecule has 0 spiro atoms. The van der Waals surface area contributed by atoms with Crippen LogP contribution in [0.2, 0.25) is 0 Å². The van der Waals surface area contributed by atoms with E-state index in [0.29, 0.717) is 0 Å². The van der Waals surface area contributed by atoms with Crippen molar-refractivity contribution in [2.24, 2.45) is 4.99 Å². The van der Waals surface area contributed by atoms with Crippen molar-refractivity contribution in [3.05, 3.63) is 126 Å². The second kappa shape index (κ2) is 8.63. The van der Waals surface area contributed by atoms with E-state index in [1.54, 1.807) is 0 Å². The quantitative estimate of drug-likeness (QED) is 0.404. The fraction of sp³-hybridized carbons (Fsp3) is 0.206. The third-order valence-corrected chi connectivity index (χ3v) is 8.33. The molecular weight excluding hydrogens is 466 g/mol. The first-order valence-electron chi connectivity index (χ1n) is 13.7. The zero-order valence-corrected chi connectivity index (χ0v) is 21.2. The van der Waals surface area contributed by atoms with Gasteiger partial charge in [0.1, 0.15) is 11.9 Å². The highest BCUT2D eigenvalue weighted by Crippen LogP contribution is 2.48. The van der Waals surface area contributed by atoms with Crippen molar-refractivity contribution in [1.82, 2.24) is 9.88 Å². The molecule has 3 unspecified atom stereocenters. The molecule has 4 nitrogen and oxygen atoms in total. The minimum Gasteiger partial charge on any atom is -0.485 e. The number of nitrogens with one attached hydrogen (secondary N) is 1. The van der Waals surface area contributed by atoms with Gasteiger partial charge >= 0.3 is 0 Å². The Hall–Kier alpha value is -4.31. The summed E-state index contributed by atoms with van der Waals surface area (Å²) in [6, 6.07) is 13.1. The van der Waals surface area contributed by atoms with Gasteiger partial charge in [-0.05, 0) is 67.2 Å². The summed E-state index contributed by atoms with van der Waals surface area (Å²) in [5.74, 6) is 1.17. The first-order chi connectivity index (χ1) is 18.8. The molecule has 4 heteroatoms. The Morgan fingerprint density at radius 3 is 2.50 bits per heavy atom. The summed E-state index contributed by atoms with van der Waals surface area (Å²) in [7, 11) is 0. The van der Waals surface area contributed by atoms with Crippen molar-refractivity contribution in [2.45, 2.75) is 44.0 Å². The summed E-state index contributed by atoms with van der Waals surface area (Å²) < 4.78 is 8.86. The normalized spacial score (nSPS) is 25.3. The Morgan fingerprint density at radius 1 is 0.842 bits per heavy atom. The van der Waals surface area contributed by atoms with Crippen LogP contribution in [0, 0.1) is 0 Å². The number of ether oxygens (including phenoxy) is 1. The van der Waals surface area contributed by atoms with E-state index in [1.165, 1.54) is 44.2 Å². The Balaban J connectivity index is 1.37. The van der Waals surface area contributed by atoms with Crippen LogP contribution in [0.5, 0.6) is 5.75 Å². The molecule has 0 bridgehead atoms. The van der Waals surface area contributed by atoms with E-state index < -0.39 is 0 Å². The van der Waals surface area contributed by atoms with E-state index >= 15 is 0 Å². The van der Waals surface area contributed by atoms with Gasteiger partial charge in [0.15, 0.2) is 0 Å². The van der Waals surface area contributed by atoms with Gasteiger partial charge in [0, 0.05) is 28.0 Å². The fourth-order valence-electron chi connectivity index (χ4n) is 6.53. The summed E-state index contributed by atoms with van der Waals surface area (Å²) in [4.78, 5) is 5.39. The van der Waals surface area contributed by atoms with E-state index in [-0.39, 0.29) is 18.3 Å². The summed E-state index contributed by atoms with van der Waals surface area (Å²) in [6.07, 6.45) is 28.2. The van der Waals surface area contributed by atoms with Gasteiger partial charge in [-0.1, -0.05) is 72.9 Å². The van der Waals surface area contributed by atoms with Gasteiger partial charge in [0.2, 0.25) is 6.29 Å². The lowest BCUT2D eigenvalue weighted by atomic mass is 9.90. The standard InChI is InChI=1S/C34H29N3O/c1-3-11-22(12-4-1)27-21-28(23-13-5-2-6-14-23)36-34(35-27)37-29-17-9-7-15-24(29)25-19-20-31-32(33(25)37)26-16-8-10-18-30(26)38-31/h1-3,5,7-11,13,15-21,26,30,34-35H,4,6,12,14H2. The molecule has 0 amide bonds. The predicted molar refractivity (Wildman–Crippen MR) is 155 cm³/mol. The Morgan fingerprint density at radius 2 is 1.66 bits per heavy atom. The van der Waals surface area contributed by atoms with Crippen LogP contribution in [0.3, 0.4) is 0 Å². The lowest BCUT2D eigenvalue weighted by Gasteiger charge is -2.29.